The first-order valence-corrected chi connectivity index (χ1v) is 14.7. The Morgan fingerprint density at radius 3 is 2.38 bits per heavy atom. The van der Waals surface area contributed by atoms with E-state index in [1.54, 1.807) is 17.1 Å². The second kappa shape index (κ2) is 11.0. The van der Waals surface area contributed by atoms with Crippen molar-refractivity contribution in [3.8, 4) is 11.3 Å². The molecule has 2 heterocycles. The molecule has 0 saturated carbocycles. The summed E-state index contributed by atoms with van der Waals surface area (Å²) >= 11 is 0. The van der Waals surface area contributed by atoms with E-state index < -0.39 is 25.5 Å². The molecular weight excluding hydrogens is 461 g/mol. The minimum Gasteiger partial charge on any atom is -0.359 e. The third-order valence-corrected chi connectivity index (χ3v) is 7.00. The number of ether oxygens (including phenoxy) is 1. The summed E-state index contributed by atoms with van der Waals surface area (Å²) in [6.07, 6.45) is 3.34. The zero-order valence-electron chi connectivity index (χ0n) is 19.8. The predicted octanol–water partition coefficient (Wildman–Crippen LogP) is 5.55. The normalized spacial score (nSPS) is 11.6. The summed E-state index contributed by atoms with van der Waals surface area (Å²) in [6.45, 7) is 9.40. The maximum absolute atomic E-state index is 13.5. The van der Waals surface area contributed by atoms with E-state index in [0.29, 0.717) is 18.1 Å². The van der Waals surface area contributed by atoms with Gasteiger partial charge in [-0.2, -0.15) is 5.10 Å². The number of rotatable bonds is 10. The third-order valence-electron chi connectivity index (χ3n) is 5.30. The van der Waals surface area contributed by atoms with Gasteiger partial charge in [-0.1, -0.05) is 19.6 Å². The summed E-state index contributed by atoms with van der Waals surface area (Å²) in [5.74, 6) is -3.95. The largest absolute Gasteiger partial charge is 0.359 e. The van der Waals surface area contributed by atoms with Gasteiger partial charge in [0, 0.05) is 44.6 Å². The fourth-order valence-electron chi connectivity index (χ4n) is 3.32. The van der Waals surface area contributed by atoms with Crippen molar-refractivity contribution in [2.75, 3.05) is 11.9 Å². The lowest BCUT2D eigenvalue weighted by atomic mass is 10.1. The van der Waals surface area contributed by atoms with Crippen LogP contribution < -0.4 is 5.32 Å². The molecule has 2 aromatic heterocycles. The molecule has 0 saturated heterocycles. The molecule has 34 heavy (non-hydrogen) atoms. The van der Waals surface area contributed by atoms with Crippen molar-refractivity contribution in [3.63, 3.8) is 0 Å². The number of aryl methyl sites for hydroxylation is 1. The molecule has 0 aliphatic heterocycles. The van der Waals surface area contributed by atoms with Gasteiger partial charge in [-0.3, -0.25) is 9.78 Å². The Hall–Kier alpha value is -2.98. The van der Waals surface area contributed by atoms with Gasteiger partial charge in [0.15, 0.2) is 17.5 Å². The topological polar surface area (TPSA) is 69.0 Å². The molecule has 0 atom stereocenters. The Balaban J connectivity index is 1.75. The van der Waals surface area contributed by atoms with E-state index in [1.807, 2.05) is 19.1 Å². The predicted molar refractivity (Wildman–Crippen MR) is 128 cm³/mol. The van der Waals surface area contributed by atoms with E-state index in [-0.39, 0.29) is 31.0 Å². The Morgan fingerprint density at radius 2 is 1.76 bits per heavy atom. The van der Waals surface area contributed by atoms with Crippen LogP contribution in [-0.2, 0) is 22.7 Å². The van der Waals surface area contributed by atoms with Crippen LogP contribution in [0.3, 0.4) is 0 Å². The van der Waals surface area contributed by atoms with Gasteiger partial charge in [0.25, 0.3) is 0 Å². The van der Waals surface area contributed by atoms with Gasteiger partial charge in [-0.05, 0) is 49.2 Å². The van der Waals surface area contributed by atoms with E-state index in [1.165, 1.54) is 0 Å². The summed E-state index contributed by atoms with van der Waals surface area (Å²) in [5, 5.41) is 7.49. The minimum atomic E-state index is -1.52. The summed E-state index contributed by atoms with van der Waals surface area (Å²) < 4.78 is 47.5. The first-order valence-electron chi connectivity index (χ1n) is 11.0. The molecule has 182 valence electrons. The standard InChI is InChI=1S/C24H29F3N4O2Si/c1-16-23(18-7-9-28-10-8-18)30-31(15-33-11-12-34(2,3)4)24(16)29-21(32)6-5-17-13-19(25)22(27)20(26)14-17/h7-10,13-14H,5-6,11-12,15H2,1-4H3,(H,29,32). The van der Waals surface area contributed by atoms with Gasteiger partial charge in [-0.15, -0.1) is 0 Å². The number of hydrogen-bond donors (Lipinski definition) is 1. The quantitative estimate of drug-likeness (QED) is 0.230. The highest BCUT2D eigenvalue weighted by Gasteiger charge is 2.19. The number of carbonyl (C=O) groups excluding carboxylic acids is 1. The number of amides is 1. The Morgan fingerprint density at radius 1 is 1.12 bits per heavy atom. The van der Waals surface area contributed by atoms with Crippen LogP contribution in [0.4, 0.5) is 19.0 Å². The number of nitrogens with one attached hydrogen (secondary N) is 1. The first-order chi connectivity index (χ1) is 16.0. The minimum absolute atomic E-state index is 0.0454. The summed E-state index contributed by atoms with van der Waals surface area (Å²) in [5.41, 5.74) is 2.49. The number of pyridine rings is 1. The third kappa shape index (κ3) is 6.77. The molecule has 6 nitrogen and oxygen atoms in total. The van der Waals surface area contributed by atoms with Gasteiger partial charge >= 0.3 is 0 Å². The van der Waals surface area contributed by atoms with Crippen molar-refractivity contribution >= 4 is 19.8 Å². The molecule has 0 fully saturated rings. The van der Waals surface area contributed by atoms with Crippen molar-refractivity contribution in [2.24, 2.45) is 0 Å². The van der Waals surface area contributed by atoms with Gasteiger partial charge < -0.3 is 10.1 Å². The smallest absolute Gasteiger partial charge is 0.225 e. The van der Waals surface area contributed by atoms with Crippen LogP contribution in [0, 0.1) is 24.4 Å². The van der Waals surface area contributed by atoms with Crippen LogP contribution in [0.2, 0.25) is 25.7 Å². The summed E-state index contributed by atoms with van der Waals surface area (Å²) in [4.78, 5) is 16.7. The Labute approximate surface area is 198 Å². The van der Waals surface area contributed by atoms with E-state index in [0.717, 1.165) is 29.3 Å². The molecule has 10 heteroatoms. The van der Waals surface area contributed by atoms with Crippen LogP contribution in [-0.4, -0.2) is 35.4 Å². The Bertz CT molecular complexity index is 1120. The van der Waals surface area contributed by atoms with Gasteiger partial charge in [0.05, 0.1) is 5.69 Å². The molecule has 1 N–H and O–H groups in total. The lowest BCUT2D eigenvalue weighted by Gasteiger charge is -2.16. The lowest BCUT2D eigenvalue weighted by molar-refractivity contribution is -0.116. The number of hydrogen-bond acceptors (Lipinski definition) is 4. The molecule has 0 radical (unpaired) electrons. The van der Waals surface area contributed by atoms with Crippen molar-refractivity contribution in [3.05, 3.63) is 65.2 Å². The van der Waals surface area contributed by atoms with Crippen molar-refractivity contribution in [1.29, 1.82) is 0 Å². The first kappa shape index (κ1) is 25.6. The van der Waals surface area contributed by atoms with Crippen molar-refractivity contribution in [1.82, 2.24) is 14.8 Å². The average molecular weight is 491 g/mol. The molecule has 3 rings (SSSR count). The maximum Gasteiger partial charge on any atom is 0.225 e. The highest BCUT2D eigenvalue weighted by molar-refractivity contribution is 6.76. The molecule has 1 aromatic carbocycles. The second-order valence-electron chi connectivity index (χ2n) is 9.33. The SMILES string of the molecule is Cc1c(-c2ccncc2)nn(COCC[Si](C)(C)C)c1NC(=O)CCc1cc(F)c(F)c(F)c1. The molecule has 1 amide bonds. The number of carbonyl (C=O) groups is 1. The molecule has 0 bridgehead atoms. The molecule has 0 unspecified atom stereocenters. The van der Waals surface area contributed by atoms with Gasteiger partial charge in [0.2, 0.25) is 5.91 Å². The zero-order valence-corrected chi connectivity index (χ0v) is 20.8. The monoisotopic (exact) mass is 490 g/mol. The van der Waals surface area contributed by atoms with E-state index in [2.05, 4.69) is 35.0 Å². The number of nitrogens with zero attached hydrogens (tertiary/aromatic N) is 3. The average Bonchev–Trinajstić information content (AvgIpc) is 3.08. The highest BCUT2D eigenvalue weighted by atomic mass is 28.3. The maximum atomic E-state index is 13.5. The molecular formula is C24H29F3N4O2Si. The molecule has 3 aromatic rings. The number of halogens is 3. The molecule has 0 spiro atoms. The summed E-state index contributed by atoms with van der Waals surface area (Å²) in [6, 6.07) is 6.45. The number of benzene rings is 1. The summed E-state index contributed by atoms with van der Waals surface area (Å²) in [7, 11) is -1.26. The number of aromatic nitrogens is 3. The van der Waals surface area contributed by atoms with E-state index in [9.17, 15) is 18.0 Å². The fourth-order valence-corrected chi connectivity index (χ4v) is 4.08. The fraction of sp³-hybridized carbons (Fsp3) is 0.375. The molecule has 0 aliphatic rings. The van der Waals surface area contributed by atoms with E-state index >= 15 is 0 Å². The number of anilines is 1. The highest BCUT2D eigenvalue weighted by Crippen LogP contribution is 2.28. The van der Waals surface area contributed by atoms with Crippen molar-refractivity contribution in [2.45, 2.75) is 52.2 Å². The van der Waals surface area contributed by atoms with Gasteiger partial charge in [-0.25, -0.2) is 17.9 Å². The lowest BCUT2D eigenvalue weighted by Crippen LogP contribution is -2.22. The van der Waals surface area contributed by atoms with Crippen LogP contribution in [0.1, 0.15) is 17.5 Å². The zero-order chi connectivity index (χ0) is 24.9. The van der Waals surface area contributed by atoms with Crippen molar-refractivity contribution < 1.29 is 22.7 Å². The van der Waals surface area contributed by atoms with Gasteiger partial charge in [0.1, 0.15) is 12.5 Å². The van der Waals surface area contributed by atoms with Crippen LogP contribution in [0.15, 0.2) is 36.7 Å². The Kier molecular flexibility index (Phi) is 8.27. The second-order valence-corrected chi connectivity index (χ2v) is 14.9. The molecule has 0 aliphatic carbocycles. The van der Waals surface area contributed by atoms with Crippen LogP contribution in [0.25, 0.3) is 11.3 Å². The van der Waals surface area contributed by atoms with Crippen LogP contribution >= 0.6 is 0 Å². The van der Waals surface area contributed by atoms with E-state index in [4.69, 9.17) is 4.74 Å². The van der Waals surface area contributed by atoms with Crippen LogP contribution in [0.5, 0.6) is 0 Å².